The summed E-state index contributed by atoms with van der Waals surface area (Å²) >= 11 is 0. The molecule has 1 aromatic rings. The van der Waals surface area contributed by atoms with E-state index in [2.05, 4.69) is 15.4 Å². The van der Waals surface area contributed by atoms with Crippen LogP contribution in [0.5, 0.6) is 0 Å². The van der Waals surface area contributed by atoms with Crippen LogP contribution in [-0.4, -0.2) is 30.7 Å². The molecular formula is C15H20N2O5. The highest BCUT2D eigenvalue weighted by Gasteiger charge is 2.17. The minimum atomic E-state index is -0.978. The van der Waals surface area contributed by atoms with Crippen molar-refractivity contribution in [2.75, 3.05) is 17.7 Å². The van der Waals surface area contributed by atoms with Gasteiger partial charge < -0.3 is 14.8 Å². The van der Waals surface area contributed by atoms with Crippen LogP contribution in [-0.2, 0) is 19.1 Å². The van der Waals surface area contributed by atoms with Crippen LogP contribution in [0.3, 0.4) is 0 Å². The Morgan fingerprint density at radius 2 is 1.73 bits per heavy atom. The number of anilines is 2. The molecule has 0 saturated heterocycles. The lowest BCUT2D eigenvalue weighted by Crippen LogP contribution is -2.27. The van der Waals surface area contributed by atoms with Gasteiger partial charge in [-0.2, -0.15) is 0 Å². The van der Waals surface area contributed by atoms with E-state index < -0.39 is 23.6 Å². The lowest BCUT2D eigenvalue weighted by Gasteiger charge is -2.20. The van der Waals surface area contributed by atoms with Crippen LogP contribution < -0.4 is 10.6 Å². The van der Waals surface area contributed by atoms with Crippen molar-refractivity contribution in [1.82, 2.24) is 0 Å². The summed E-state index contributed by atoms with van der Waals surface area (Å²) in [7, 11) is 1.13. The normalized spacial score (nSPS) is 10.6. The van der Waals surface area contributed by atoms with Gasteiger partial charge in [0.2, 0.25) is 0 Å². The Morgan fingerprint density at radius 1 is 1.09 bits per heavy atom. The molecule has 0 aliphatic heterocycles. The van der Waals surface area contributed by atoms with Gasteiger partial charge in [0, 0.05) is 11.4 Å². The van der Waals surface area contributed by atoms with Crippen molar-refractivity contribution in [3.8, 4) is 0 Å². The van der Waals surface area contributed by atoms with Crippen molar-refractivity contribution in [3.63, 3.8) is 0 Å². The average molecular weight is 308 g/mol. The van der Waals surface area contributed by atoms with E-state index in [4.69, 9.17) is 4.74 Å². The quantitative estimate of drug-likeness (QED) is 0.646. The van der Waals surface area contributed by atoms with E-state index in [1.165, 1.54) is 0 Å². The molecule has 0 aliphatic rings. The van der Waals surface area contributed by atoms with Gasteiger partial charge in [0.15, 0.2) is 0 Å². The van der Waals surface area contributed by atoms with Gasteiger partial charge in [-0.05, 0) is 51.5 Å². The minimum absolute atomic E-state index is 0.419. The number of hydrogen-bond donors (Lipinski definition) is 2. The van der Waals surface area contributed by atoms with Gasteiger partial charge in [0.25, 0.3) is 0 Å². The summed E-state index contributed by atoms with van der Waals surface area (Å²) in [5.74, 6) is -1.84. The van der Waals surface area contributed by atoms with Crippen molar-refractivity contribution in [1.29, 1.82) is 0 Å². The Hall–Kier alpha value is -2.57. The van der Waals surface area contributed by atoms with E-state index in [1.54, 1.807) is 45.9 Å². The molecule has 2 N–H and O–H groups in total. The average Bonchev–Trinajstić information content (AvgIpc) is 2.38. The molecule has 0 aromatic heterocycles. The van der Waals surface area contributed by atoms with Crippen LogP contribution in [0.2, 0.25) is 0 Å². The molecule has 0 heterocycles. The topological polar surface area (TPSA) is 93.7 Å². The van der Waals surface area contributed by atoms with E-state index >= 15 is 0 Å². The first-order valence-electron chi connectivity index (χ1n) is 6.62. The van der Waals surface area contributed by atoms with Gasteiger partial charge >= 0.3 is 18.0 Å². The van der Waals surface area contributed by atoms with Gasteiger partial charge in [-0.1, -0.05) is 0 Å². The number of amides is 2. The third-order valence-electron chi connectivity index (χ3n) is 2.49. The molecule has 0 aliphatic carbocycles. The SMILES string of the molecule is COC(=O)C(=O)Nc1ccc(NC(=O)OC(C)(C)C)c(C)c1. The van der Waals surface area contributed by atoms with Gasteiger partial charge in [-0.3, -0.25) is 10.1 Å². The zero-order valence-corrected chi connectivity index (χ0v) is 13.3. The maximum absolute atomic E-state index is 11.7. The number of hydrogen-bond acceptors (Lipinski definition) is 5. The highest BCUT2D eigenvalue weighted by atomic mass is 16.6. The monoisotopic (exact) mass is 308 g/mol. The Morgan fingerprint density at radius 3 is 2.23 bits per heavy atom. The molecule has 1 aromatic carbocycles. The molecule has 22 heavy (non-hydrogen) atoms. The molecule has 0 unspecified atom stereocenters. The number of ether oxygens (including phenoxy) is 2. The Labute approximate surface area is 129 Å². The van der Waals surface area contributed by atoms with E-state index in [-0.39, 0.29) is 0 Å². The van der Waals surface area contributed by atoms with Gasteiger partial charge in [-0.25, -0.2) is 9.59 Å². The second-order valence-corrected chi connectivity index (χ2v) is 5.60. The number of methoxy groups -OCH3 is 1. The lowest BCUT2D eigenvalue weighted by atomic mass is 10.1. The summed E-state index contributed by atoms with van der Waals surface area (Å²) in [5, 5.41) is 5.01. The number of nitrogens with one attached hydrogen (secondary N) is 2. The maximum atomic E-state index is 11.7. The van der Waals surface area contributed by atoms with Crippen molar-refractivity contribution >= 4 is 29.3 Å². The third kappa shape index (κ3) is 5.43. The number of esters is 1. The summed E-state index contributed by atoms with van der Waals surface area (Å²) in [4.78, 5) is 34.1. The number of rotatable bonds is 2. The van der Waals surface area contributed by atoms with Gasteiger partial charge in [0.05, 0.1) is 7.11 Å². The highest BCUT2D eigenvalue weighted by molar-refractivity contribution is 6.37. The summed E-state index contributed by atoms with van der Waals surface area (Å²) < 4.78 is 9.47. The summed E-state index contributed by atoms with van der Waals surface area (Å²) in [6.07, 6.45) is -0.568. The smallest absolute Gasteiger partial charge is 0.412 e. The second kappa shape index (κ2) is 6.93. The fourth-order valence-corrected chi connectivity index (χ4v) is 1.57. The first-order chi connectivity index (χ1) is 10.1. The zero-order valence-electron chi connectivity index (χ0n) is 13.3. The van der Waals surface area contributed by atoms with Crippen LogP contribution in [0.25, 0.3) is 0 Å². The summed E-state index contributed by atoms with van der Waals surface area (Å²) in [5.41, 5.74) is 1.08. The minimum Gasteiger partial charge on any atom is -0.462 e. The molecule has 0 saturated carbocycles. The first kappa shape index (κ1) is 17.5. The largest absolute Gasteiger partial charge is 0.462 e. The maximum Gasteiger partial charge on any atom is 0.412 e. The van der Waals surface area contributed by atoms with Crippen molar-refractivity contribution in [2.45, 2.75) is 33.3 Å². The molecule has 0 atom stereocenters. The Kier molecular flexibility index (Phi) is 5.50. The van der Waals surface area contributed by atoms with Crippen LogP contribution in [0, 0.1) is 6.92 Å². The summed E-state index contributed by atoms with van der Waals surface area (Å²) in [6, 6.07) is 4.78. The Balaban J connectivity index is 2.76. The van der Waals surface area contributed by atoms with Crippen LogP contribution in [0.4, 0.5) is 16.2 Å². The summed E-state index contributed by atoms with van der Waals surface area (Å²) in [6.45, 7) is 7.06. The van der Waals surface area contributed by atoms with Crippen LogP contribution in [0.15, 0.2) is 18.2 Å². The van der Waals surface area contributed by atoms with Crippen molar-refractivity contribution in [3.05, 3.63) is 23.8 Å². The fraction of sp³-hybridized carbons (Fsp3) is 0.400. The lowest BCUT2D eigenvalue weighted by molar-refractivity contribution is -0.150. The molecule has 0 bridgehead atoms. The Bertz CT molecular complexity index is 590. The second-order valence-electron chi connectivity index (χ2n) is 5.60. The highest BCUT2D eigenvalue weighted by Crippen LogP contribution is 2.20. The number of carbonyl (C=O) groups is 3. The van der Waals surface area contributed by atoms with E-state index in [9.17, 15) is 14.4 Å². The number of aryl methyl sites for hydroxylation is 1. The fourth-order valence-electron chi connectivity index (χ4n) is 1.57. The predicted octanol–water partition coefficient (Wildman–Crippen LogP) is 2.45. The van der Waals surface area contributed by atoms with E-state index in [0.717, 1.165) is 7.11 Å². The van der Waals surface area contributed by atoms with Crippen LogP contribution in [0.1, 0.15) is 26.3 Å². The molecule has 120 valence electrons. The van der Waals surface area contributed by atoms with Crippen molar-refractivity contribution < 1.29 is 23.9 Å². The number of carbonyl (C=O) groups excluding carboxylic acids is 3. The molecule has 7 heteroatoms. The van der Waals surface area contributed by atoms with Gasteiger partial charge in [0.1, 0.15) is 5.60 Å². The van der Waals surface area contributed by atoms with Crippen LogP contribution >= 0.6 is 0 Å². The number of benzene rings is 1. The third-order valence-corrected chi connectivity index (χ3v) is 2.49. The molecule has 0 fully saturated rings. The van der Waals surface area contributed by atoms with E-state index in [1.807, 2.05) is 0 Å². The van der Waals surface area contributed by atoms with Crippen molar-refractivity contribution in [2.24, 2.45) is 0 Å². The standard InChI is InChI=1S/C15H20N2O5/c1-9-8-10(16-12(18)13(19)21-5)6-7-11(9)17-14(20)22-15(2,3)4/h6-8H,1-5H3,(H,16,18)(H,17,20). The predicted molar refractivity (Wildman–Crippen MR) is 81.7 cm³/mol. The molecule has 0 spiro atoms. The van der Waals surface area contributed by atoms with Gasteiger partial charge in [-0.15, -0.1) is 0 Å². The zero-order chi connectivity index (χ0) is 16.9. The van der Waals surface area contributed by atoms with E-state index in [0.29, 0.717) is 16.9 Å². The molecule has 0 radical (unpaired) electrons. The molecule has 2 amide bonds. The molecule has 1 rings (SSSR count). The first-order valence-corrected chi connectivity index (χ1v) is 6.62. The molecular weight excluding hydrogens is 288 g/mol. The molecule has 7 nitrogen and oxygen atoms in total.